The molecule has 2 heterocycles. The van der Waals surface area contributed by atoms with Crippen molar-refractivity contribution >= 4 is 17.0 Å². The van der Waals surface area contributed by atoms with Crippen molar-refractivity contribution in [1.29, 1.82) is 0 Å². The third kappa shape index (κ3) is 3.40. The fourth-order valence-electron chi connectivity index (χ4n) is 2.97. The van der Waals surface area contributed by atoms with Crippen LogP contribution in [-0.2, 0) is 6.42 Å². The molecule has 0 unspecified atom stereocenters. The summed E-state index contributed by atoms with van der Waals surface area (Å²) in [7, 11) is 0. The molecule has 1 aromatic heterocycles. The van der Waals surface area contributed by atoms with Gasteiger partial charge in [0, 0.05) is 17.8 Å². The first-order chi connectivity index (χ1) is 9.81. The molecule has 0 amide bonds. The Morgan fingerprint density at radius 1 is 1.40 bits per heavy atom. The molecule has 1 saturated carbocycles. The van der Waals surface area contributed by atoms with Crippen molar-refractivity contribution in [2.75, 3.05) is 13.1 Å². The molecule has 0 atom stereocenters. The second kappa shape index (κ2) is 6.40. The van der Waals surface area contributed by atoms with Crippen LogP contribution < -0.4 is 5.32 Å². The van der Waals surface area contributed by atoms with E-state index in [4.69, 9.17) is 0 Å². The normalized spacial score (nSPS) is 19.0. The van der Waals surface area contributed by atoms with Crippen LogP contribution in [0.25, 0.3) is 0 Å². The van der Waals surface area contributed by atoms with Gasteiger partial charge in [0.25, 0.3) is 0 Å². The minimum atomic E-state index is 0.831. The van der Waals surface area contributed by atoms with E-state index in [-0.39, 0.29) is 0 Å². The van der Waals surface area contributed by atoms with Crippen molar-refractivity contribution in [3.63, 3.8) is 0 Å². The summed E-state index contributed by atoms with van der Waals surface area (Å²) in [4.78, 5) is 6.02. The lowest BCUT2D eigenvalue weighted by molar-refractivity contribution is 0.523. The van der Waals surface area contributed by atoms with Crippen LogP contribution in [0.1, 0.15) is 30.6 Å². The lowest BCUT2D eigenvalue weighted by Gasteiger charge is -2.13. The van der Waals surface area contributed by atoms with Gasteiger partial charge in [0.1, 0.15) is 0 Å². The highest BCUT2D eigenvalue weighted by molar-refractivity contribution is 7.09. The van der Waals surface area contributed by atoms with Crippen molar-refractivity contribution in [3.05, 3.63) is 46.3 Å². The first kappa shape index (κ1) is 13.6. The summed E-state index contributed by atoms with van der Waals surface area (Å²) in [5.41, 5.74) is 3.44. The van der Waals surface area contributed by atoms with Gasteiger partial charge in [0.2, 0.25) is 0 Å². The molecule has 106 valence electrons. The van der Waals surface area contributed by atoms with Crippen molar-refractivity contribution in [1.82, 2.24) is 5.32 Å². The smallest absolute Gasteiger partial charge is 0.0803 e. The van der Waals surface area contributed by atoms with Gasteiger partial charge in [-0.15, -0.1) is 11.3 Å². The number of allylic oxidation sites excluding steroid dienone is 1. The minimum absolute atomic E-state index is 0.831. The average molecular weight is 286 g/mol. The van der Waals surface area contributed by atoms with Crippen LogP contribution in [0.2, 0.25) is 0 Å². The number of hydrogen-bond acceptors (Lipinski definition) is 3. The third-order valence-corrected chi connectivity index (χ3v) is 5.04. The van der Waals surface area contributed by atoms with Crippen LogP contribution in [0.5, 0.6) is 0 Å². The molecule has 1 N–H and O–H groups in total. The Morgan fingerprint density at radius 3 is 3.00 bits per heavy atom. The van der Waals surface area contributed by atoms with Crippen molar-refractivity contribution in [2.24, 2.45) is 10.9 Å². The minimum Gasteiger partial charge on any atom is -0.384 e. The van der Waals surface area contributed by atoms with Gasteiger partial charge >= 0.3 is 0 Å². The fraction of sp³-hybridized carbons (Fsp3) is 0.471. The van der Waals surface area contributed by atoms with Crippen molar-refractivity contribution in [3.8, 4) is 0 Å². The van der Waals surface area contributed by atoms with Gasteiger partial charge in [-0.1, -0.05) is 25.5 Å². The summed E-state index contributed by atoms with van der Waals surface area (Å²) >= 11 is 1.82. The molecule has 1 fully saturated rings. The molecule has 3 rings (SSSR count). The number of thiophene rings is 1. The van der Waals surface area contributed by atoms with Crippen LogP contribution in [-0.4, -0.2) is 18.8 Å². The van der Waals surface area contributed by atoms with E-state index >= 15 is 0 Å². The van der Waals surface area contributed by atoms with Crippen LogP contribution in [0.15, 0.2) is 46.4 Å². The second-order valence-electron chi connectivity index (χ2n) is 5.77. The van der Waals surface area contributed by atoms with Gasteiger partial charge < -0.3 is 5.32 Å². The summed E-state index contributed by atoms with van der Waals surface area (Å²) in [5.74, 6) is 0.836. The van der Waals surface area contributed by atoms with Gasteiger partial charge in [-0.25, -0.2) is 0 Å². The van der Waals surface area contributed by atoms with Crippen LogP contribution in [0.4, 0.5) is 0 Å². The summed E-state index contributed by atoms with van der Waals surface area (Å²) in [6.45, 7) is 6.04. The Hall–Kier alpha value is -1.35. The molecule has 0 saturated heterocycles. The van der Waals surface area contributed by atoms with E-state index in [2.05, 4.69) is 40.5 Å². The Morgan fingerprint density at radius 2 is 2.25 bits per heavy atom. The topological polar surface area (TPSA) is 24.4 Å². The quantitative estimate of drug-likeness (QED) is 0.841. The third-order valence-electron chi connectivity index (χ3n) is 4.16. The lowest BCUT2D eigenvalue weighted by Crippen LogP contribution is -2.23. The second-order valence-corrected chi connectivity index (χ2v) is 6.80. The largest absolute Gasteiger partial charge is 0.384 e. The maximum Gasteiger partial charge on any atom is 0.0803 e. The predicted octanol–water partition coefficient (Wildman–Crippen LogP) is 3.97. The molecule has 1 aliphatic heterocycles. The summed E-state index contributed by atoms with van der Waals surface area (Å²) < 4.78 is 0. The lowest BCUT2D eigenvalue weighted by atomic mass is 10.1. The summed E-state index contributed by atoms with van der Waals surface area (Å²) in [6, 6.07) is 4.30. The van der Waals surface area contributed by atoms with Gasteiger partial charge in [-0.3, -0.25) is 4.99 Å². The van der Waals surface area contributed by atoms with E-state index in [0.717, 1.165) is 36.8 Å². The number of nitrogens with zero attached hydrogens (tertiary/aromatic N) is 1. The maximum absolute atomic E-state index is 4.61. The van der Waals surface area contributed by atoms with E-state index in [1.54, 1.807) is 0 Å². The molecule has 0 radical (unpaired) electrons. The van der Waals surface area contributed by atoms with Gasteiger partial charge in [-0.05, 0) is 41.9 Å². The number of nitrogens with one attached hydrogen (secondary N) is 1. The van der Waals surface area contributed by atoms with Crippen molar-refractivity contribution < 1.29 is 0 Å². The van der Waals surface area contributed by atoms with Gasteiger partial charge in [-0.2, -0.15) is 0 Å². The van der Waals surface area contributed by atoms with E-state index in [9.17, 15) is 0 Å². The maximum atomic E-state index is 4.61. The molecule has 0 spiro atoms. The molecule has 3 heteroatoms. The van der Waals surface area contributed by atoms with E-state index in [1.165, 1.54) is 36.1 Å². The summed E-state index contributed by atoms with van der Waals surface area (Å²) in [5, 5.41) is 5.61. The standard InChI is InChI=1S/C17H22N2S/c1-13(18-11-14-5-2-3-6-14)17-10-15(12-19-17)9-16-7-4-8-20-16/h4,7-8,10,14,18H,1-3,5-6,9,11-12H2. The van der Waals surface area contributed by atoms with Crippen LogP contribution in [0.3, 0.4) is 0 Å². The number of aliphatic imine (C=N–C) groups is 1. The highest BCUT2D eigenvalue weighted by Gasteiger charge is 2.16. The fourth-order valence-corrected chi connectivity index (χ4v) is 3.73. The number of rotatable bonds is 6. The first-order valence-electron chi connectivity index (χ1n) is 7.50. The highest BCUT2D eigenvalue weighted by atomic mass is 32.1. The molecule has 2 nitrogen and oxygen atoms in total. The molecule has 0 bridgehead atoms. The zero-order chi connectivity index (χ0) is 13.8. The highest BCUT2D eigenvalue weighted by Crippen LogP contribution is 2.24. The Bertz CT molecular complexity index is 519. The zero-order valence-corrected chi connectivity index (χ0v) is 12.7. The average Bonchev–Trinajstić information content (AvgIpc) is 3.19. The molecular weight excluding hydrogens is 264 g/mol. The molecular formula is C17H22N2S. The van der Waals surface area contributed by atoms with Crippen LogP contribution in [0, 0.1) is 5.92 Å². The SMILES string of the molecule is C=C(NCC1CCCC1)C1=NCC(Cc2cccs2)=C1. The Labute approximate surface area is 125 Å². The summed E-state index contributed by atoms with van der Waals surface area (Å²) in [6.07, 6.45) is 8.76. The molecule has 1 aliphatic carbocycles. The molecule has 2 aliphatic rings. The zero-order valence-electron chi connectivity index (χ0n) is 11.9. The van der Waals surface area contributed by atoms with E-state index < -0.39 is 0 Å². The van der Waals surface area contributed by atoms with Gasteiger partial charge in [0.05, 0.1) is 18.0 Å². The Kier molecular flexibility index (Phi) is 4.36. The van der Waals surface area contributed by atoms with E-state index in [1.807, 2.05) is 11.3 Å². The van der Waals surface area contributed by atoms with E-state index in [0.29, 0.717) is 0 Å². The van der Waals surface area contributed by atoms with Gasteiger partial charge in [0.15, 0.2) is 0 Å². The van der Waals surface area contributed by atoms with Crippen molar-refractivity contribution in [2.45, 2.75) is 32.1 Å². The molecule has 0 aromatic carbocycles. The monoisotopic (exact) mass is 286 g/mol. The Balaban J connectivity index is 1.49. The predicted molar refractivity (Wildman–Crippen MR) is 87.5 cm³/mol. The van der Waals surface area contributed by atoms with Crippen LogP contribution >= 0.6 is 11.3 Å². The molecule has 20 heavy (non-hydrogen) atoms. The number of hydrogen-bond donors (Lipinski definition) is 1. The molecule has 1 aromatic rings. The first-order valence-corrected chi connectivity index (χ1v) is 8.38.